The zero-order chi connectivity index (χ0) is 29.4. The maximum Gasteiger partial charge on any atom is 0.251 e. The fraction of sp³-hybridized carbons (Fsp3) is 0.500. The van der Waals surface area contributed by atoms with Crippen LogP contribution in [0.3, 0.4) is 0 Å². The molecule has 0 saturated heterocycles. The van der Waals surface area contributed by atoms with Crippen LogP contribution in [0.5, 0.6) is 0 Å². The van der Waals surface area contributed by atoms with Crippen LogP contribution in [0, 0.1) is 17.8 Å². The van der Waals surface area contributed by atoms with Gasteiger partial charge in [0, 0.05) is 49.0 Å². The SMILES string of the molecule is C=C(N)C[C@H]1/C(C)=C/[C@H](C)[C@@H](O)[C@@H](OC)C[C@H](C)CC2=C(N)C(=O)C=C(NC(=O)/C(C)=C/C=C\[C@@H]1OC)C2=O. The number of Topliss-reactive ketones (excluding diaryl/α,β-unsaturated/α-hetero) is 1. The number of hydrogen-bond acceptors (Lipinski definition) is 8. The molecule has 9 nitrogen and oxygen atoms in total. The lowest BCUT2D eigenvalue weighted by Crippen LogP contribution is -2.36. The summed E-state index contributed by atoms with van der Waals surface area (Å²) in [4.78, 5) is 38.6. The van der Waals surface area contributed by atoms with E-state index < -0.39 is 35.8 Å². The number of rotatable bonds is 4. The number of methoxy groups -OCH3 is 2. The van der Waals surface area contributed by atoms with Crippen molar-refractivity contribution in [2.45, 2.75) is 65.3 Å². The molecule has 0 radical (unpaired) electrons. The number of ether oxygens (including phenoxy) is 2. The van der Waals surface area contributed by atoms with Gasteiger partial charge in [0.15, 0.2) is 0 Å². The molecule has 1 aliphatic carbocycles. The van der Waals surface area contributed by atoms with Crippen LogP contribution < -0.4 is 16.8 Å². The Morgan fingerprint density at radius 3 is 2.44 bits per heavy atom. The number of carbonyl (C=O) groups excluding carboxylic acids is 3. The molecule has 0 unspecified atom stereocenters. The van der Waals surface area contributed by atoms with Gasteiger partial charge in [-0.1, -0.05) is 50.3 Å². The second-order valence-electron chi connectivity index (χ2n) is 10.6. The number of carbonyl (C=O) groups is 3. The number of nitrogens with two attached hydrogens (primary N) is 2. The molecule has 2 rings (SSSR count). The van der Waals surface area contributed by atoms with E-state index in [0.717, 1.165) is 11.6 Å². The topological polar surface area (TPSA) is 154 Å². The van der Waals surface area contributed by atoms with Gasteiger partial charge < -0.3 is 31.4 Å². The number of allylic oxidation sites excluding steroid dienone is 5. The van der Waals surface area contributed by atoms with Gasteiger partial charge in [-0.3, -0.25) is 14.4 Å². The molecular formula is C30H43N3O6. The van der Waals surface area contributed by atoms with Crippen LogP contribution in [-0.4, -0.2) is 55.1 Å². The van der Waals surface area contributed by atoms with Crippen molar-refractivity contribution in [3.63, 3.8) is 0 Å². The number of aliphatic hydroxyl groups is 1. The first-order chi connectivity index (χ1) is 18.3. The van der Waals surface area contributed by atoms with Crippen LogP contribution in [0.2, 0.25) is 0 Å². The van der Waals surface area contributed by atoms with Crippen molar-refractivity contribution < 1.29 is 29.0 Å². The maximum atomic E-state index is 13.2. The molecule has 6 atom stereocenters. The zero-order valence-electron chi connectivity index (χ0n) is 23.8. The summed E-state index contributed by atoms with van der Waals surface area (Å²) >= 11 is 0. The second kappa shape index (κ2) is 14.2. The Morgan fingerprint density at radius 2 is 1.85 bits per heavy atom. The van der Waals surface area contributed by atoms with Crippen LogP contribution in [0.1, 0.15) is 47.0 Å². The monoisotopic (exact) mass is 541 g/mol. The van der Waals surface area contributed by atoms with E-state index in [4.69, 9.17) is 20.9 Å². The Morgan fingerprint density at radius 1 is 1.18 bits per heavy atom. The number of ketones is 2. The Kier molecular flexibility index (Phi) is 11.6. The molecule has 9 heteroatoms. The molecular weight excluding hydrogens is 498 g/mol. The van der Waals surface area contributed by atoms with Crippen molar-refractivity contribution in [1.29, 1.82) is 0 Å². The molecule has 1 aliphatic heterocycles. The predicted octanol–water partition coefficient (Wildman–Crippen LogP) is 2.74. The third-order valence-electron chi connectivity index (χ3n) is 7.31. The molecule has 2 bridgehead atoms. The zero-order valence-corrected chi connectivity index (χ0v) is 23.8. The molecule has 0 saturated carbocycles. The summed E-state index contributed by atoms with van der Waals surface area (Å²) in [6.45, 7) is 11.2. The van der Waals surface area contributed by atoms with Crippen LogP contribution in [-0.2, 0) is 23.9 Å². The van der Waals surface area contributed by atoms with Crippen LogP contribution in [0.25, 0.3) is 0 Å². The highest BCUT2D eigenvalue weighted by Crippen LogP contribution is 2.30. The Labute approximate surface area is 231 Å². The summed E-state index contributed by atoms with van der Waals surface area (Å²) < 4.78 is 11.4. The minimum atomic E-state index is -0.844. The maximum absolute atomic E-state index is 13.2. The third kappa shape index (κ3) is 8.36. The molecule has 1 heterocycles. The van der Waals surface area contributed by atoms with E-state index in [1.165, 1.54) is 7.11 Å². The van der Waals surface area contributed by atoms with Gasteiger partial charge in [0.25, 0.3) is 5.91 Å². The fourth-order valence-corrected chi connectivity index (χ4v) is 4.98. The smallest absolute Gasteiger partial charge is 0.251 e. The summed E-state index contributed by atoms with van der Waals surface area (Å²) in [7, 11) is 3.12. The highest BCUT2D eigenvalue weighted by Gasteiger charge is 2.32. The van der Waals surface area contributed by atoms with Gasteiger partial charge in [0.05, 0.1) is 29.7 Å². The fourth-order valence-electron chi connectivity index (χ4n) is 4.98. The lowest BCUT2D eigenvalue weighted by molar-refractivity contribution is -0.120. The quantitative estimate of drug-likeness (QED) is 0.313. The van der Waals surface area contributed by atoms with Crippen molar-refractivity contribution in [2.24, 2.45) is 29.2 Å². The molecule has 1 amide bonds. The Hall–Kier alpha value is -3.27. The van der Waals surface area contributed by atoms with Crippen LogP contribution >= 0.6 is 0 Å². The van der Waals surface area contributed by atoms with Gasteiger partial charge in [-0.15, -0.1) is 0 Å². The number of hydrogen-bond donors (Lipinski definition) is 4. The van der Waals surface area contributed by atoms with Crippen molar-refractivity contribution >= 4 is 17.5 Å². The number of amides is 1. The largest absolute Gasteiger partial charge is 0.402 e. The molecule has 0 fully saturated rings. The van der Waals surface area contributed by atoms with E-state index in [0.29, 0.717) is 24.1 Å². The molecule has 0 aromatic carbocycles. The lowest BCUT2D eigenvalue weighted by atomic mass is 9.83. The molecule has 0 aromatic heterocycles. The van der Waals surface area contributed by atoms with Gasteiger partial charge >= 0.3 is 0 Å². The summed E-state index contributed by atoms with van der Waals surface area (Å²) in [5.74, 6) is -2.16. The van der Waals surface area contributed by atoms with E-state index in [9.17, 15) is 19.5 Å². The number of aliphatic hydroxyl groups excluding tert-OH is 1. The average Bonchev–Trinajstić information content (AvgIpc) is 2.88. The first-order valence-corrected chi connectivity index (χ1v) is 13.1. The highest BCUT2D eigenvalue weighted by molar-refractivity contribution is 6.23. The van der Waals surface area contributed by atoms with E-state index in [1.807, 2.05) is 32.9 Å². The van der Waals surface area contributed by atoms with E-state index >= 15 is 0 Å². The Balaban J connectivity index is 2.58. The van der Waals surface area contributed by atoms with Crippen LogP contribution in [0.4, 0.5) is 0 Å². The number of nitrogens with one attached hydrogen (secondary N) is 1. The highest BCUT2D eigenvalue weighted by atomic mass is 16.5. The van der Waals surface area contributed by atoms with Gasteiger partial charge in [-0.2, -0.15) is 0 Å². The summed E-state index contributed by atoms with van der Waals surface area (Å²) in [6.07, 6.45) is 7.43. The molecule has 0 spiro atoms. The molecule has 214 valence electrons. The van der Waals surface area contributed by atoms with E-state index in [2.05, 4.69) is 11.9 Å². The first-order valence-electron chi connectivity index (χ1n) is 13.1. The van der Waals surface area contributed by atoms with Crippen molar-refractivity contribution in [2.75, 3.05) is 14.2 Å². The minimum Gasteiger partial charge on any atom is -0.402 e. The minimum absolute atomic E-state index is 0.121. The number of fused-ring (bicyclic) bond motifs is 2. The van der Waals surface area contributed by atoms with Gasteiger partial charge in [0.2, 0.25) is 11.6 Å². The molecule has 0 aromatic rings. The van der Waals surface area contributed by atoms with Crippen molar-refractivity contribution in [3.05, 3.63) is 70.8 Å². The van der Waals surface area contributed by atoms with Crippen molar-refractivity contribution in [3.8, 4) is 0 Å². The standard InChI is InChI=1S/C30H43N3O6/c1-16-11-22-27(32)24(34)15-23(29(22)36)33-30(37)17(2)9-8-10-25(38-6)21(14-20(5)31)18(3)13-19(4)28(35)26(12-16)39-7/h8-10,13,15-16,19,21,25-26,28,35H,5,11-12,14,31-32H2,1-4,6-7H3,(H,33,37)/b10-8-,17-9+,18-13+/t16-,19+,21+,25+,26+,28-/m1/s1. The van der Waals surface area contributed by atoms with Gasteiger partial charge in [0.1, 0.15) is 0 Å². The second-order valence-corrected chi connectivity index (χ2v) is 10.6. The van der Waals surface area contributed by atoms with Gasteiger partial charge in [-0.25, -0.2) is 0 Å². The normalized spacial score (nSPS) is 33.4. The predicted molar refractivity (Wildman–Crippen MR) is 151 cm³/mol. The van der Waals surface area contributed by atoms with E-state index in [-0.39, 0.29) is 41.1 Å². The van der Waals surface area contributed by atoms with Gasteiger partial charge in [-0.05, 0) is 39.0 Å². The van der Waals surface area contributed by atoms with E-state index in [1.54, 1.807) is 26.2 Å². The van der Waals surface area contributed by atoms with Crippen LogP contribution in [0.15, 0.2) is 70.8 Å². The molecule has 2 aliphatic rings. The average molecular weight is 542 g/mol. The van der Waals surface area contributed by atoms with Crippen molar-refractivity contribution in [1.82, 2.24) is 5.32 Å². The molecule has 39 heavy (non-hydrogen) atoms. The first kappa shape index (κ1) is 31.9. The third-order valence-corrected chi connectivity index (χ3v) is 7.31. The molecule has 6 N–H and O–H groups in total. The summed E-state index contributed by atoms with van der Waals surface area (Å²) in [5.41, 5.74) is 13.7. The lowest BCUT2D eigenvalue weighted by Gasteiger charge is -2.30. The summed E-state index contributed by atoms with van der Waals surface area (Å²) in [5, 5.41) is 13.8. The Bertz CT molecular complexity index is 1130. The summed E-state index contributed by atoms with van der Waals surface area (Å²) in [6, 6.07) is 0.